The monoisotopic (exact) mass is 578 g/mol. The summed E-state index contributed by atoms with van der Waals surface area (Å²) in [5.74, 6) is 1.45. The normalized spacial score (nSPS) is 11.1. The molecular weight excluding hydrogens is 566 g/mol. The number of nitrogens with one attached hydrogen (secondary N) is 1. The highest BCUT2D eigenvalue weighted by atomic mass is 127. The minimum atomic E-state index is 0.182. The van der Waals surface area contributed by atoms with E-state index < -0.39 is 0 Å². The molecule has 2 N–H and O–H groups in total. The largest absolute Gasteiger partial charge is 0.506 e. The molecule has 6 nitrogen and oxygen atoms in total. The Bertz CT molecular complexity index is 970. The molecule has 2 aromatic carbocycles. The molecule has 1 heterocycles. The van der Waals surface area contributed by atoms with Gasteiger partial charge in [-0.2, -0.15) is 14.9 Å². The minimum Gasteiger partial charge on any atom is -0.506 e. The van der Waals surface area contributed by atoms with Crippen molar-refractivity contribution in [1.82, 2.24) is 14.9 Å². The van der Waals surface area contributed by atoms with Crippen molar-refractivity contribution in [2.24, 2.45) is 5.10 Å². The second kappa shape index (κ2) is 8.27. The maximum Gasteiger partial charge on any atom is 0.216 e. The Balaban J connectivity index is 1.84. The Hall–Kier alpha value is -1.47. The van der Waals surface area contributed by atoms with Crippen LogP contribution < -0.4 is 4.74 Å². The summed E-state index contributed by atoms with van der Waals surface area (Å²) in [6.45, 7) is 0.213. The van der Waals surface area contributed by atoms with Gasteiger partial charge in [-0.3, -0.25) is 0 Å². The van der Waals surface area contributed by atoms with Crippen molar-refractivity contribution in [3.8, 4) is 11.5 Å². The predicted molar refractivity (Wildman–Crippen MR) is 115 cm³/mol. The first kappa shape index (κ1) is 18.3. The van der Waals surface area contributed by atoms with Crippen molar-refractivity contribution in [3.63, 3.8) is 0 Å². The van der Waals surface area contributed by atoms with Crippen LogP contribution in [-0.2, 0) is 6.61 Å². The summed E-state index contributed by atoms with van der Waals surface area (Å²) in [4.78, 5) is 0. The topological polar surface area (TPSA) is 75.4 Å². The van der Waals surface area contributed by atoms with Gasteiger partial charge in [0.1, 0.15) is 18.1 Å². The van der Waals surface area contributed by atoms with Gasteiger partial charge in [-0.05, 0) is 81.7 Å². The van der Waals surface area contributed by atoms with E-state index in [0.29, 0.717) is 16.2 Å². The quantitative estimate of drug-likeness (QED) is 0.269. The molecule has 0 atom stereocenters. The van der Waals surface area contributed by atoms with E-state index in [1.807, 2.05) is 42.5 Å². The number of aromatic hydroxyl groups is 1. The smallest absolute Gasteiger partial charge is 0.216 e. The van der Waals surface area contributed by atoms with Gasteiger partial charge in [0.25, 0.3) is 0 Å². The van der Waals surface area contributed by atoms with Gasteiger partial charge >= 0.3 is 0 Å². The second-order valence-corrected chi connectivity index (χ2v) is 7.72. The van der Waals surface area contributed by atoms with Crippen molar-refractivity contribution >= 4 is 63.6 Å². The molecule has 0 radical (unpaired) electrons. The van der Waals surface area contributed by atoms with Gasteiger partial charge in [0.2, 0.25) is 4.77 Å². The number of rotatable bonds is 5. The Morgan fingerprint density at radius 1 is 1.28 bits per heavy atom. The summed E-state index contributed by atoms with van der Waals surface area (Å²) >= 11 is 9.48. The lowest BCUT2D eigenvalue weighted by Gasteiger charge is -2.05. The van der Waals surface area contributed by atoms with E-state index in [2.05, 4.69) is 60.5 Å². The Labute approximate surface area is 176 Å². The van der Waals surface area contributed by atoms with Crippen LogP contribution >= 0.6 is 57.4 Å². The van der Waals surface area contributed by atoms with Gasteiger partial charge in [0.15, 0.2) is 5.82 Å². The zero-order chi connectivity index (χ0) is 17.8. The van der Waals surface area contributed by atoms with E-state index >= 15 is 0 Å². The van der Waals surface area contributed by atoms with E-state index in [4.69, 9.17) is 17.0 Å². The SMILES string of the molecule is Oc1c(I)cc(I)cc1C=Nn1c(COc2ccccc2)n[nH]c1=S. The number of phenolic OH excluding ortho intramolecular Hbond substituents is 1. The first-order valence-electron chi connectivity index (χ1n) is 7.11. The summed E-state index contributed by atoms with van der Waals surface area (Å²) in [5.41, 5.74) is 0.606. The number of phenols is 1. The lowest BCUT2D eigenvalue weighted by Crippen LogP contribution is -2.04. The molecule has 0 aliphatic rings. The molecule has 128 valence electrons. The average Bonchev–Trinajstić information content (AvgIpc) is 2.96. The number of benzene rings is 2. The van der Waals surface area contributed by atoms with Crippen molar-refractivity contribution in [2.75, 3.05) is 0 Å². The maximum absolute atomic E-state index is 10.2. The number of ether oxygens (including phenoxy) is 1. The molecule has 3 aromatic rings. The van der Waals surface area contributed by atoms with Crippen LogP contribution in [0, 0.1) is 11.9 Å². The van der Waals surface area contributed by atoms with Crippen LogP contribution in [0.4, 0.5) is 0 Å². The van der Waals surface area contributed by atoms with Crippen molar-refractivity contribution in [2.45, 2.75) is 6.61 Å². The Morgan fingerprint density at radius 3 is 2.80 bits per heavy atom. The van der Waals surface area contributed by atoms with Crippen LogP contribution in [0.2, 0.25) is 0 Å². The van der Waals surface area contributed by atoms with Gasteiger partial charge in [-0.25, -0.2) is 5.10 Å². The van der Waals surface area contributed by atoms with Gasteiger partial charge in [0.05, 0.1) is 9.78 Å². The van der Waals surface area contributed by atoms with Crippen LogP contribution in [0.1, 0.15) is 11.4 Å². The molecule has 0 aliphatic heterocycles. The minimum absolute atomic E-state index is 0.182. The van der Waals surface area contributed by atoms with Gasteiger partial charge in [0, 0.05) is 9.13 Å². The summed E-state index contributed by atoms with van der Waals surface area (Å²) in [7, 11) is 0. The molecule has 9 heteroatoms. The fourth-order valence-electron chi connectivity index (χ4n) is 2.01. The van der Waals surface area contributed by atoms with Crippen LogP contribution in [-0.4, -0.2) is 26.2 Å². The first-order chi connectivity index (χ1) is 12.0. The van der Waals surface area contributed by atoms with E-state index in [0.717, 1.165) is 12.9 Å². The fourth-order valence-corrected chi connectivity index (χ4v) is 4.09. The molecule has 0 saturated carbocycles. The molecule has 0 aliphatic carbocycles. The van der Waals surface area contributed by atoms with Crippen LogP contribution in [0.15, 0.2) is 47.6 Å². The van der Waals surface area contributed by atoms with Crippen molar-refractivity contribution < 1.29 is 9.84 Å². The van der Waals surface area contributed by atoms with Crippen LogP contribution in [0.25, 0.3) is 0 Å². The highest BCUT2D eigenvalue weighted by Crippen LogP contribution is 2.25. The molecule has 0 amide bonds. The molecule has 0 spiro atoms. The summed E-state index contributed by atoms with van der Waals surface area (Å²) in [5, 5.41) is 21.3. The standard InChI is InChI=1S/C16H12I2N4O2S/c17-11-6-10(15(23)13(18)7-11)8-19-22-14(20-21-16(22)25)9-24-12-4-2-1-3-5-12/h1-8,23H,9H2,(H,21,25). The third-order valence-corrected chi connectivity index (χ3v) is 4.91. The second-order valence-electron chi connectivity index (χ2n) is 4.93. The zero-order valence-corrected chi connectivity index (χ0v) is 17.8. The summed E-state index contributed by atoms with van der Waals surface area (Å²) < 4.78 is 9.27. The summed E-state index contributed by atoms with van der Waals surface area (Å²) in [6.07, 6.45) is 1.55. The number of hydrogen-bond acceptors (Lipinski definition) is 5. The molecule has 0 fully saturated rings. The average molecular weight is 578 g/mol. The molecule has 0 unspecified atom stereocenters. The molecule has 0 bridgehead atoms. The van der Waals surface area contributed by atoms with E-state index in [1.54, 1.807) is 6.21 Å². The first-order valence-corrected chi connectivity index (χ1v) is 9.67. The highest BCUT2D eigenvalue weighted by molar-refractivity contribution is 14.1. The zero-order valence-electron chi connectivity index (χ0n) is 12.7. The van der Waals surface area contributed by atoms with Crippen LogP contribution in [0.3, 0.4) is 0 Å². The van der Waals surface area contributed by atoms with Gasteiger partial charge < -0.3 is 9.84 Å². The molecule has 0 saturated heterocycles. The van der Waals surface area contributed by atoms with Gasteiger partial charge in [-0.1, -0.05) is 18.2 Å². The predicted octanol–water partition coefficient (Wildman–Crippen LogP) is 4.32. The number of hydrogen-bond donors (Lipinski definition) is 2. The molecular formula is C16H12I2N4O2S. The highest BCUT2D eigenvalue weighted by Gasteiger charge is 2.08. The van der Waals surface area contributed by atoms with Crippen molar-refractivity contribution in [1.29, 1.82) is 0 Å². The van der Waals surface area contributed by atoms with E-state index in [1.165, 1.54) is 4.68 Å². The lowest BCUT2D eigenvalue weighted by molar-refractivity contribution is 0.290. The third kappa shape index (κ3) is 4.58. The van der Waals surface area contributed by atoms with E-state index in [-0.39, 0.29) is 12.4 Å². The third-order valence-electron chi connectivity index (χ3n) is 3.20. The van der Waals surface area contributed by atoms with E-state index in [9.17, 15) is 5.11 Å². The molecule has 1 aromatic heterocycles. The fraction of sp³-hybridized carbons (Fsp3) is 0.0625. The lowest BCUT2D eigenvalue weighted by atomic mass is 10.2. The summed E-state index contributed by atoms with van der Waals surface area (Å²) in [6, 6.07) is 13.2. The number of halogens is 2. The Morgan fingerprint density at radius 2 is 2.04 bits per heavy atom. The number of H-pyrrole nitrogens is 1. The number of para-hydroxylation sites is 1. The van der Waals surface area contributed by atoms with Crippen molar-refractivity contribution in [3.05, 3.63) is 65.8 Å². The maximum atomic E-state index is 10.2. The number of aromatic amines is 1. The molecule has 3 rings (SSSR count). The Kier molecular flexibility index (Phi) is 6.06. The number of nitrogens with zero attached hydrogens (tertiary/aromatic N) is 3. The van der Waals surface area contributed by atoms with Crippen LogP contribution in [0.5, 0.6) is 11.5 Å². The van der Waals surface area contributed by atoms with Gasteiger partial charge in [-0.15, -0.1) is 0 Å². The number of aromatic nitrogens is 3. The molecule has 25 heavy (non-hydrogen) atoms.